The van der Waals surface area contributed by atoms with E-state index in [1.165, 1.54) is 12.7 Å². The van der Waals surface area contributed by atoms with Gasteiger partial charge in [0.25, 0.3) is 5.91 Å². The summed E-state index contributed by atoms with van der Waals surface area (Å²) in [5.74, 6) is 0.782. The molecule has 0 bridgehead atoms. The van der Waals surface area contributed by atoms with E-state index in [-0.39, 0.29) is 18.2 Å². The highest BCUT2D eigenvalue weighted by atomic mass is 16.3. The zero-order chi connectivity index (χ0) is 15.5. The number of nitrogens with zero attached hydrogens (tertiary/aromatic N) is 3. The van der Waals surface area contributed by atoms with Crippen LogP contribution in [-0.2, 0) is 11.2 Å². The molecule has 22 heavy (non-hydrogen) atoms. The van der Waals surface area contributed by atoms with E-state index in [1.807, 2.05) is 6.92 Å². The van der Waals surface area contributed by atoms with Gasteiger partial charge in [-0.15, -0.1) is 0 Å². The van der Waals surface area contributed by atoms with Crippen molar-refractivity contribution in [1.29, 1.82) is 0 Å². The predicted octanol–water partition coefficient (Wildman–Crippen LogP) is 1.10. The molecule has 2 aromatic rings. The number of aromatic nitrogens is 1. The summed E-state index contributed by atoms with van der Waals surface area (Å²) in [6.07, 6.45) is 3.03. The van der Waals surface area contributed by atoms with Crippen molar-refractivity contribution in [1.82, 2.24) is 14.8 Å². The first-order chi connectivity index (χ1) is 10.6. The number of oxazole rings is 1. The van der Waals surface area contributed by atoms with Crippen LogP contribution < -0.4 is 0 Å². The maximum atomic E-state index is 12.2. The van der Waals surface area contributed by atoms with Crippen molar-refractivity contribution < 1.29 is 18.4 Å². The third-order valence-electron chi connectivity index (χ3n) is 3.81. The maximum absolute atomic E-state index is 12.2. The largest absolute Gasteiger partial charge is 0.459 e. The van der Waals surface area contributed by atoms with E-state index in [2.05, 4.69) is 4.98 Å². The SMILES string of the molecule is Cc1ncoc1CC(=O)N1CCN(C(=O)c2ccco2)CC1. The highest BCUT2D eigenvalue weighted by Crippen LogP contribution is 2.12. The quantitative estimate of drug-likeness (QED) is 0.848. The van der Waals surface area contributed by atoms with Crippen molar-refractivity contribution in [2.24, 2.45) is 0 Å². The highest BCUT2D eigenvalue weighted by molar-refractivity contribution is 5.91. The summed E-state index contributed by atoms with van der Waals surface area (Å²) in [7, 11) is 0. The van der Waals surface area contributed by atoms with Gasteiger partial charge < -0.3 is 18.6 Å². The van der Waals surface area contributed by atoms with Crippen molar-refractivity contribution in [3.63, 3.8) is 0 Å². The Kier molecular flexibility index (Phi) is 3.95. The molecule has 0 saturated carbocycles. The fraction of sp³-hybridized carbons (Fsp3) is 0.400. The maximum Gasteiger partial charge on any atom is 0.289 e. The fourth-order valence-electron chi connectivity index (χ4n) is 2.46. The van der Waals surface area contributed by atoms with Crippen molar-refractivity contribution in [2.45, 2.75) is 13.3 Å². The van der Waals surface area contributed by atoms with Crippen molar-refractivity contribution >= 4 is 11.8 Å². The predicted molar refractivity (Wildman–Crippen MR) is 76.1 cm³/mol. The van der Waals surface area contributed by atoms with Crippen LogP contribution in [0.3, 0.4) is 0 Å². The summed E-state index contributed by atoms with van der Waals surface area (Å²) in [6, 6.07) is 3.33. The van der Waals surface area contributed by atoms with Crippen LogP contribution >= 0.6 is 0 Å². The number of hydrogen-bond acceptors (Lipinski definition) is 5. The first-order valence-electron chi connectivity index (χ1n) is 7.14. The monoisotopic (exact) mass is 303 g/mol. The summed E-state index contributed by atoms with van der Waals surface area (Å²) in [5, 5.41) is 0. The molecule has 0 unspecified atom stereocenters. The Hall–Kier alpha value is -2.57. The first-order valence-corrected chi connectivity index (χ1v) is 7.14. The van der Waals surface area contributed by atoms with Crippen molar-refractivity contribution in [3.8, 4) is 0 Å². The Morgan fingerprint density at radius 1 is 1.18 bits per heavy atom. The van der Waals surface area contributed by atoms with Crippen LogP contribution in [0.5, 0.6) is 0 Å². The number of amides is 2. The normalized spacial score (nSPS) is 15.1. The summed E-state index contributed by atoms with van der Waals surface area (Å²) < 4.78 is 10.3. The molecule has 1 fully saturated rings. The van der Waals surface area contributed by atoms with Gasteiger partial charge in [0.2, 0.25) is 5.91 Å². The number of piperazine rings is 1. The smallest absolute Gasteiger partial charge is 0.289 e. The lowest BCUT2D eigenvalue weighted by atomic mass is 10.2. The van der Waals surface area contributed by atoms with Crippen LogP contribution in [0, 0.1) is 6.92 Å². The van der Waals surface area contributed by atoms with Crippen molar-refractivity contribution in [3.05, 3.63) is 42.0 Å². The molecule has 1 aliphatic rings. The van der Waals surface area contributed by atoms with E-state index in [0.717, 1.165) is 5.69 Å². The zero-order valence-electron chi connectivity index (χ0n) is 12.3. The van der Waals surface area contributed by atoms with E-state index >= 15 is 0 Å². The molecule has 2 amide bonds. The molecule has 2 aromatic heterocycles. The minimum absolute atomic E-state index is 0.00931. The number of rotatable bonds is 3. The molecule has 0 atom stereocenters. The lowest BCUT2D eigenvalue weighted by Crippen LogP contribution is -2.50. The Labute approximate surface area is 127 Å². The summed E-state index contributed by atoms with van der Waals surface area (Å²) in [6.45, 7) is 3.84. The average molecular weight is 303 g/mol. The third-order valence-corrected chi connectivity index (χ3v) is 3.81. The van der Waals surface area contributed by atoms with Gasteiger partial charge in [0.15, 0.2) is 12.2 Å². The van der Waals surface area contributed by atoms with Gasteiger partial charge in [-0.05, 0) is 19.1 Å². The second-order valence-electron chi connectivity index (χ2n) is 5.19. The Bertz CT molecular complexity index is 654. The molecular weight excluding hydrogens is 286 g/mol. The number of carbonyl (C=O) groups excluding carboxylic acids is 2. The van der Waals surface area contributed by atoms with Gasteiger partial charge >= 0.3 is 0 Å². The molecule has 3 heterocycles. The van der Waals surface area contributed by atoms with Crippen molar-refractivity contribution in [2.75, 3.05) is 26.2 Å². The fourth-order valence-corrected chi connectivity index (χ4v) is 2.46. The number of hydrogen-bond donors (Lipinski definition) is 0. The molecule has 3 rings (SSSR count). The van der Waals surface area contributed by atoms with Crippen LogP contribution in [0.1, 0.15) is 22.0 Å². The second kappa shape index (κ2) is 6.05. The standard InChI is InChI=1S/C15H17N3O4/c1-11-13(22-10-16-11)9-14(19)17-4-6-18(7-5-17)15(20)12-3-2-8-21-12/h2-3,8,10H,4-7,9H2,1H3. The number of furan rings is 1. The van der Waals surface area contributed by atoms with E-state index in [1.54, 1.807) is 21.9 Å². The molecule has 7 heteroatoms. The minimum Gasteiger partial charge on any atom is -0.459 e. The van der Waals surface area contributed by atoms with Gasteiger partial charge in [0, 0.05) is 26.2 Å². The van der Waals surface area contributed by atoms with Gasteiger partial charge in [-0.1, -0.05) is 0 Å². The molecule has 0 radical (unpaired) electrons. The van der Waals surface area contributed by atoms with Crippen LogP contribution in [-0.4, -0.2) is 52.8 Å². The molecule has 0 spiro atoms. The van der Waals surface area contributed by atoms with Crippen LogP contribution in [0.2, 0.25) is 0 Å². The molecule has 0 aromatic carbocycles. The molecule has 1 saturated heterocycles. The summed E-state index contributed by atoms with van der Waals surface area (Å²) in [5.41, 5.74) is 0.736. The summed E-state index contributed by atoms with van der Waals surface area (Å²) in [4.78, 5) is 31.8. The second-order valence-corrected chi connectivity index (χ2v) is 5.19. The number of carbonyl (C=O) groups is 2. The van der Waals surface area contributed by atoms with Crippen LogP contribution in [0.25, 0.3) is 0 Å². The Morgan fingerprint density at radius 3 is 2.50 bits per heavy atom. The van der Waals surface area contributed by atoms with Gasteiger partial charge in [-0.25, -0.2) is 4.98 Å². The Balaban J connectivity index is 1.54. The summed E-state index contributed by atoms with van der Waals surface area (Å²) >= 11 is 0. The topological polar surface area (TPSA) is 79.8 Å². The van der Waals surface area contributed by atoms with E-state index in [9.17, 15) is 9.59 Å². The van der Waals surface area contributed by atoms with Crippen LogP contribution in [0.15, 0.2) is 33.6 Å². The lowest BCUT2D eigenvalue weighted by Gasteiger charge is -2.34. The molecular formula is C15H17N3O4. The minimum atomic E-state index is -0.136. The Morgan fingerprint density at radius 2 is 1.91 bits per heavy atom. The molecule has 1 aliphatic heterocycles. The molecule has 116 valence electrons. The molecule has 0 aliphatic carbocycles. The van der Waals surface area contributed by atoms with E-state index < -0.39 is 0 Å². The van der Waals surface area contributed by atoms with E-state index in [4.69, 9.17) is 8.83 Å². The average Bonchev–Trinajstić information content (AvgIpc) is 3.19. The highest BCUT2D eigenvalue weighted by Gasteiger charge is 2.26. The lowest BCUT2D eigenvalue weighted by molar-refractivity contribution is -0.132. The molecule has 7 nitrogen and oxygen atoms in total. The first kappa shape index (κ1) is 14.4. The van der Waals surface area contributed by atoms with Gasteiger partial charge in [0.1, 0.15) is 5.76 Å². The third kappa shape index (κ3) is 2.88. The van der Waals surface area contributed by atoms with Gasteiger partial charge in [-0.2, -0.15) is 0 Å². The van der Waals surface area contributed by atoms with Gasteiger partial charge in [-0.3, -0.25) is 9.59 Å². The van der Waals surface area contributed by atoms with Gasteiger partial charge in [0.05, 0.1) is 18.4 Å². The van der Waals surface area contributed by atoms with E-state index in [0.29, 0.717) is 37.7 Å². The number of aryl methyl sites for hydroxylation is 1. The zero-order valence-corrected chi connectivity index (χ0v) is 12.3. The molecule has 0 N–H and O–H groups in total. The van der Waals surface area contributed by atoms with Crippen LogP contribution in [0.4, 0.5) is 0 Å².